The van der Waals surface area contributed by atoms with Gasteiger partial charge in [-0.25, -0.2) is 5.43 Å². The van der Waals surface area contributed by atoms with E-state index in [0.717, 1.165) is 29.6 Å². The van der Waals surface area contributed by atoms with Gasteiger partial charge in [0.05, 0.1) is 6.04 Å². The third-order valence-electron chi connectivity index (χ3n) is 2.97. The standard InChI is InChI=1S/C15H18N2O/c1-3-4-5-6-13(17-16)15-10-12-9-11(2)7-8-14(12)18-15/h7-10,13,17H,5-6,16H2,1-2H3. The summed E-state index contributed by atoms with van der Waals surface area (Å²) in [5.41, 5.74) is 4.92. The molecule has 1 heterocycles. The van der Waals surface area contributed by atoms with E-state index in [1.54, 1.807) is 0 Å². The van der Waals surface area contributed by atoms with Crippen molar-refractivity contribution >= 4 is 11.0 Å². The molecule has 0 saturated heterocycles. The fraction of sp³-hybridized carbons (Fsp3) is 0.333. The maximum absolute atomic E-state index is 5.82. The fourth-order valence-corrected chi connectivity index (χ4v) is 2.00. The van der Waals surface area contributed by atoms with E-state index in [-0.39, 0.29) is 6.04 Å². The molecule has 0 fully saturated rings. The van der Waals surface area contributed by atoms with E-state index < -0.39 is 0 Å². The van der Waals surface area contributed by atoms with E-state index in [2.05, 4.69) is 30.3 Å². The van der Waals surface area contributed by atoms with E-state index in [1.807, 2.05) is 25.1 Å². The van der Waals surface area contributed by atoms with Crippen LogP contribution < -0.4 is 11.3 Å². The number of furan rings is 1. The molecule has 2 rings (SSSR count). The van der Waals surface area contributed by atoms with Crippen LogP contribution in [-0.2, 0) is 0 Å². The number of hydrogen-bond donors (Lipinski definition) is 2. The molecule has 0 aliphatic rings. The van der Waals surface area contributed by atoms with Crippen LogP contribution in [0.1, 0.15) is 37.1 Å². The number of hydrazine groups is 1. The highest BCUT2D eigenvalue weighted by atomic mass is 16.3. The zero-order valence-electron chi connectivity index (χ0n) is 10.8. The lowest BCUT2D eigenvalue weighted by Gasteiger charge is -2.10. The second-order valence-corrected chi connectivity index (χ2v) is 4.37. The minimum absolute atomic E-state index is 0.0126. The first kappa shape index (κ1) is 12.7. The Bertz CT molecular complexity index is 589. The molecule has 18 heavy (non-hydrogen) atoms. The molecule has 2 aromatic rings. The van der Waals surface area contributed by atoms with Crippen LogP contribution in [0.5, 0.6) is 0 Å². The van der Waals surface area contributed by atoms with Crippen molar-refractivity contribution in [1.29, 1.82) is 0 Å². The van der Waals surface area contributed by atoms with Gasteiger partial charge in [0.2, 0.25) is 0 Å². The predicted molar refractivity (Wildman–Crippen MR) is 73.7 cm³/mol. The third-order valence-corrected chi connectivity index (χ3v) is 2.97. The summed E-state index contributed by atoms with van der Waals surface area (Å²) < 4.78 is 5.82. The summed E-state index contributed by atoms with van der Waals surface area (Å²) in [6.45, 7) is 3.91. The van der Waals surface area contributed by atoms with Gasteiger partial charge in [0.15, 0.2) is 0 Å². The van der Waals surface area contributed by atoms with Gasteiger partial charge in [0.1, 0.15) is 11.3 Å². The molecule has 1 aromatic carbocycles. The number of benzene rings is 1. The zero-order chi connectivity index (χ0) is 13.0. The van der Waals surface area contributed by atoms with E-state index in [0.29, 0.717) is 0 Å². The summed E-state index contributed by atoms with van der Waals surface area (Å²) in [5.74, 6) is 12.4. The van der Waals surface area contributed by atoms with Gasteiger partial charge < -0.3 is 4.42 Å². The first-order valence-electron chi connectivity index (χ1n) is 6.10. The summed E-state index contributed by atoms with van der Waals surface area (Å²) in [7, 11) is 0. The average Bonchev–Trinajstić information content (AvgIpc) is 2.77. The lowest BCUT2D eigenvalue weighted by molar-refractivity contribution is 0.420. The van der Waals surface area contributed by atoms with Crippen molar-refractivity contribution in [3.63, 3.8) is 0 Å². The van der Waals surface area contributed by atoms with Crippen LogP contribution in [0.15, 0.2) is 28.7 Å². The predicted octanol–water partition coefficient (Wildman–Crippen LogP) is 3.05. The second kappa shape index (κ2) is 5.72. The Morgan fingerprint density at radius 3 is 2.94 bits per heavy atom. The lowest BCUT2D eigenvalue weighted by Crippen LogP contribution is -2.27. The van der Waals surface area contributed by atoms with Crippen LogP contribution in [0.2, 0.25) is 0 Å². The number of nitrogens with two attached hydrogens (primary N) is 1. The highest BCUT2D eigenvalue weighted by Crippen LogP contribution is 2.26. The zero-order valence-corrected chi connectivity index (χ0v) is 10.8. The van der Waals surface area contributed by atoms with Gasteiger partial charge in [0, 0.05) is 11.8 Å². The minimum Gasteiger partial charge on any atom is -0.459 e. The molecule has 1 atom stereocenters. The SMILES string of the molecule is CC#CCCC(NN)c1cc2cc(C)ccc2o1. The molecule has 1 unspecified atom stereocenters. The minimum atomic E-state index is 0.0126. The van der Waals surface area contributed by atoms with Gasteiger partial charge >= 0.3 is 0 Å². The van der Waals surface area contributed by atoms with Crippen molar-refractivity contribution in [1.82, 2.24) is 5.43 Å². The van der Waals surface area contributed by atoms with E-state index in [4.69, 9.17) is 10.3 Å². The maximum atomic E-state index is 5.82. The number of aryl methyl sites for hydroxylation is 1. The van der Waals surface area contributed by atoms with E-state index in [9.17, 15) is 0 Å². The Labute approximate surface area is 107 Å². The van der Waals surface area contributed by atoms with Crippen molar-refractivity contribution in [2.75, 3.05) is 0 Å². The van der Waals surface area contributed by atoms with Crippen molar-refractivity contribution in [2.45, 2.75) is 32.7 Å². The molecule has 0 aliphatic carbocycles. The van der Waals surface area contributed by atoms with Crippen molar-refractivity contribution in [2.24, 2.45) is 5.84 Å². The second-order valence-electron chi connectivity index (χ2n) is 4.37. The van der Waals surface area contributed by atoms with Crippen LogP contribution in [0.25, 0.3) is 11.0 Å². The molecule has 0 radical (unpaired) electrons. The molecular weight excluding hydrogens is 224 g/mol. The summed E-state index contributed by atoms with van der Waals surface area (Å²) in [6, 6.07) is 8.21. The summed E-state index contributed by atoms with van der Waals surface area (Å²) >= 11 is 0. The molecule has 3 heteroatoms. The quantitative estimate of drug-likeness (QED) is 0.492. The van der Waals surface area contributed by atoms with Gasteiger partial charge in [0.25, 0.3) is 0 Å². The van der Waals surface area contributed by atoms with Crippen molar-refractivity contribution in [3.8, 4) is 11.8 Å². The van der Waals surface area contributed by atoms with Crippen molar-refractivity contribution < 1.29 is 4.42 Å². The Hall–Kier alpha value is -1.76. The molecule has 94 valence electrons. The van der Waals surface area contributed by atoms with Gasteiger partial charge in [-0.15, -0.1) is 11.8 Å². The number of fused-ring (bicyclic) bond motifs is 1. The molecule has 3 nitrogen and oxygen atoms in total. The molecule has 0 bridgehead atoms. The van der Waals surface area contributed by atoms with E-state index in [1.165, 1.54) is 5.56 Å². The largest absolute Gasteiger partial charge is 0.459 e. The topological polar surface area (TPSA) is 51.2 Å². The normalized spacial score (nSPS) is 12.2. The van der Waals surface area contributed by atoms with Crippen LogP contribution in [0.4, 0.5) is 0 Å². The Balaban J connectivity index is 2.24. The van der Waals surface area contributed by atoms with E-state index >= 15 is 0 Å². The first-order valence-corrected chi connectivity index (χ1v) is 6.10. The molecule has 0 saturated carbocycles. The van der Waals surface area contributed by atoms with Crippen LogP contribution in [0.3, 0.4) is 0 Å². The van der Waals surface area contributed by atoms with Gasteiger partial charge in [-0.2, -0.15) is 0 Å². The molecular formula is C15H18N2O. The van der Waals surface area contributed by atoms with Crippen LogP contribution >= 0.6 is 0 Å². The summed E-state index contributed by atoms with van der Waals surface area (Å²) in [5, 5.41) is 1.12. The van der Waals surface area contributed by atoms with Crippen molar-refractivity contribution in [3.05, 3.63) is 35.6 Å². The van der Waals surface area contributed by atoms with Crippen LogP contribution in [0, 0.1) is 18.8 Å². The smallest absolute Gasteiger partial charge is 0.134 e. The van der Waals surface area contributed by atoms with Gasteiger partial charge in [-0.3, -0.25) is 5.84 Å². The first-order chi connectivity index (χ1) is 8.74. The molecule has 0 spiro atoms. The Kier molecular flexibility index (Phi) is 4.03. The molecule has 1 aromatic heterocycles. The molecule has 0 aliphatic heterocycles. The molecule has 0 amide bonds. The lowest BCUT2D eigenvalue weighted by atomic mass is 10.1. The summed E-state index contributed by atoms with van der Waals surface area (Å²) in [4.78, 5) is 0. The maximum Gasteiger partial charge on any atom is 0.134 e. The highest BCUT2D eigenvalue weighted by Gasteiger charge is 2.14. The number of nitrogens with one attached hydrogen (secondary N) is 1. The molecule has 3 N–H and O–H groups in total. The Morgan fingerprint density at radius 2 is 2.22 bits per heavy atom. The number of rotatable bonds is 4. The van der Waals surface area contributed by atoms with Gasteiger partial charge in [-0.1, -0.05) is 11.6 Å². The Morgan fingerprint density at radius 1 is 1.39 bits per heavy atom. The van der Waals surface area contributed by atoms with Gasteiger partial charge in [-0.05, 0) is 38.5 Å². The highest BCUT2D eigenvalue weighted by molar-refractivity contribution is 5.78. The summed E-state index contributed by atoms with van der Waals surface area (Å²) in [6.07, 6.45) is 1.65. The monoisotopic (exact) mass is 242 g/mol. The third kappa shape index (κ3) is 2.73. The fourth-order valence-electron chi connectivity index (χ4n) is 2.00. The van der Waals surface area contributed by atoms with Crippen LogP contribution in [-0.4, -0.2) is 0 Å². The number of hydrogen-bond acceptors (Lipinski definition) is 3. The average molecular weight is 242 g/mol.